The molecule has 4 heteroatoms. The predicted molar refractivity (Wildman–Crippen MR) is 76.9 cm³/mol. The van der Waals surface area contributed by atoms with Gasteiger partial charge in [0.15, 0.2) is 11.5 Å². The monoisotopic (exact) mass is 288 g/mol. The Morgan fingerprint density at radius 1 is 1.22 bits per heavy atom. The van der Waals surface area contributed by atoms with Gasteiger partial charge in [-0.25, -0.2) is 0 Å². The van der Waals surface area contributed by atoms with Crippen LogP contribution in [-0.4, -0.2) is 6.61 Å². The topological polar surface area (TPSA) is 18.5 Å². The van der Waals surface area contributed by atoms with Gasteiger partial charge >= 0.3 is 0 Å². The molecular weight excluding hydrogens is 271 g/mol. The van der Waals surface area contributed by atoms with Gasteiger partial charge in [0.25, 0.3) is 0 Å². The highest BCUT2D eigenvalue weighted by Gasteiger charge is 2.12. The average Bonchev–Trinajstić information content (AvgIpc) is 2.38. The van der Waals surface area contributed by atoms with Crippen molar-refractivity contribution in [3.05, 3.63) is 34.5 Å². The highest BCUT2D eigenvalue weighted by atomic mass is 35.5. The molecule has 1 aromatic rings. The van der Waals surface area contributed by atoms with Gasteiger partial charge in [0.1, 0.15) is 5.02 Å². The van der Waals surface area contributed by atoms with Gasteiger partial charge in [0.2, 0.25) is 0 Å². The molecule has 0 bridgehead atoms. The van der Waals surface area contributed by atoms with Crippen LogP contribution in [0.5, 0.6) is 11.5 Å². The lowest BCUT2D eigenvalue weighted by Gasteiger charge is -2.12. The van der Waals surface area contributed by atoms with Crippen molar-refractivity contribution in [1.29, 1.82) is 0 Å². The van der Waals surface area contributed by atoms with E-state index in [0.717, 1.165) is 19.3 Å². The smallest absolute Gasteiger partial charge is 0.188 e. The molecule has 0 spiro atoms. The second-order valence-corrected chi connectivity index (χ2v) is 4.62. The molecule has 0 N–H and O–H groups in total. The molecule has 0 aliphatic rings. The molecule has 0 heterocycles. The highest BCUT2D eigenvalue weighted by molar-refractivity contribution is 6.43. The van der Waals surface area contributed by atoms with E-state index >= 15 is 0 Å². The molecule has 0 aliphatic carbocycles. The summed E-state index contributed by atoms with van der Waals surface area (Å²) < 4.78 is 11.1. The second kappa shape index (κ2) is 8.28. The van der Waals surface area contributed by atoms with E-state index in [1.807, 2.05) is 6.92 Å². The Bertz CT molecular complexity index is 403. The van der Waals surface area contributed by atoms with Gasteiger partial charge in [0.05, 0.1) is 17.9 Å². The maximum absolute atomic E-state index is 6.10. The van der Waals surface area contributed by atoms with E-state index in [4.69, 9.17) is 32.7 Å². The molecule has 18 heavy (non-hydrogen) atoms. The molecule has 0 atom stereocenters. The van der Waals surface area contributed by atoms with Crippen LogP contribution in [0.4, 0.5) is 0 Å². The summed E-state index contributed by atoms with van der Waals surface area (Å²) in [6.07, 6.45) is 6.65. The van der Waals surface area contributed by atoms with Crippen molar-refractivity contribution in [2.45, 2.75) is 33.1 Å². The van der Waals surface area contributed by atoms with E-state index in [2.05, 4.69) is 6.92 Å². The van der Waals surface area contributed by atoms with E-state index in [0.29, 0.717) is 28.2 Å². The number of unbranched alkanes of at least 4 members (excludes halogenated alkanes) is 2. The minimum atomic E-state index is 0.378. The van der Waals surface area contributed by atoms with Crippen LogP contribution in [-0.2, 0) is 0 Å². The molecule has 0 fully saturated rings. The molecule has 0 saturated heterocycles. The number of allylic oxidation sites excluding steroid dienone is 1. The van der Waals surface area contributed by atoms with E-state index in [1.54, 1.807) is 24.5 Å². The third-order valence-corrected chi connectivity index (χ3v) is 3.13. The van der Waals surface area contributed by atoms with Crippen molar-refractivity contribution in [2.24, 2.45) is 0 Å². The zero-order chi connectivity index (χ0) is 13.4. The molecule has 1 rings (SSSR count). The van der Waals surface area contributed by atoms with Crippen molar-refractivity contribution in [3.8, 4) is 11.5 Å². The number of rotatable bonds is 7. The number of hydrogen-bond donors (Lipinski definition) is 0. The maximum Gasteiger partial charge on any atom is 0.188 e. The normalized spacial score (nSPS) is 10.9. The van der Waals surface area contributed by atoms with Gasteiger partial charge in [-0.1, -0.05) is 49.0 Å². The van der Waals surface area contributed by atoms with Crippen LogP contribution in [0.1, 0.15) is 33.1 Å². The first kappa shape index (κ1) is 15.2. The number of halogens is 2. The van der Waals surface area contributed by atoms with Gasteiger partial charge in [-0.15, -0.1) is 0 Å². The Balaban J connectivity index is 2.78. The number of benzene rings is 1. The summed E-state index contributed by atoms with van der Waals surface area (Å²) >= 11 is 12.1. The first-order valence-electron chi connectivity index (χ1n) is 6.09. The molecular formula is C14H18Cl2O2. The maximum atomic E-state index is 6.10. The van der Waals surface area contributed by atoms with E-state index in [1.165, 1.54) is 0 Å². The summed E-state index contributed by atoms with van der Waals surface area (Å²) in [5.74, 6) is 1.09. The molecule has 2 nitrogen and oxygen atoms in total. The Morgan fingerprint density at radius 3 is 2.67 bits per heavy atom. The van der Waals surface area contributed by atoms with Gasteiger partial charge in [-0.3, -0.25) is 0 Å². The largest absolute Gasteiger partial charge is 0.490 e. The lowest BCUT2D eigenvalue weighted by atomic mass is 10.2. The molecule has 0 amide bonds. The van der Waals surface area contributed by atoms with Gasteiger partial charge in [0, 0.05) is 0 Å². The van der Waals surface area contributed by atoms with Crippen molar-refractivity contribution in [2.75, 3.05) is 6.61 Å². The zero-order valence-electron chi connectivity index (χ0n) is 10.7. The lowest BCUT2D eigenvalue weighted by molar-refractivity contribution is 0.292. The lowest BCUT2D eigenvalue weighted by Crippen LogP contribution is -1.99. The molecule has 0 saturated carbocycles. The van der Waals surface area contributed by atoms with E-state index < -0.39 is 0 Å². The third-order valence-electron chi connectivity index (χ3n) is 2.34. The minimum Gasteiger partial charge on any atom is -0.490 e. The highest BCUT2D eigenvalue weighted by Crippen LogP contribution is 2.40. The fraction of sp³-hybridized carbons (Fsp3) is 0.429. The molecule has 0 aromatic heterocycles. The van der Waals surface area contributed by atoms with Crippen LogP contribution >= 0.6 is 23.2 Å². The van der Waals surface area contributed by atoms with Gasteiger partial charge < -0.3 is 9.47 Å². The number of ether oxygens (including phenoxy) is 2. The van der Waals surface area contributed by atoms with Crippen molar-refractivity contribution >= 4 is 23.2 Å². The Kier molecular flexibility index (Phi) is 6.99. The van der Waals surface area contributed by atoms with Crippen molar-refractivity contribution in [1.82, 2.24) is 0 Å². The minimum absolute atomic E-state index is 0.378. The Labute approximate surface area is 118 Å². The Morgan fingerprint density at radius 2 is 2.00 bits per heavy atom. The fourth-order valence-corrected chi connectivity index (χ4v) is 1.76. The summed E-state index contributed by atoms with van der Waals surface area (Å²) in [5.41, 5.74) is 0. The van der Waals surface area contributed by atoms with E-state index in [-0.39, 0.29) is 0 Å². The van der Waals surface area contributed by atoms with Gasteiger partial charge in [-0.05, 0) is 25.5 Å². The summed E-state index contributed by atoms with van der Waals surface area (Å²) in [7, 11) is 0. The summed E-state index contributed by atoms with van der Waals surface area (Å²) in [6.45, 7) is 4.66. The molecule has 100 valence electrons. The van der Waals surface area contributed by atoms with Crippen molar-refractivity contribution < 1.29 is 9.47 Å². The standard InChI is InChI=1S/C14H18Cl2O2/c1-3-5-6-10-17-12-8-7-11(15)13(16)14(12)18-9-4-2/h4,7-9H,3,5-6,10H2,1-2H3. The quantitative estimate of drug-likeness (QED) is 0.489. The zero-order valence-corrected chi connectivity index (χ0v) is 12.2. The van der Waals surface area contributed by atoms with E-state index in [9.17, 15) is 0 Å². The average molecular weight is 289 g/mol. The molecule has 0 radical (unpaired) electrons. The molecule has 0 unspecified atom stereocenters. The van der Waals surface area contributed by atoms with Crippen LogP contribution in [0.15, 0.2) is 24.5 Å². The first-order chi connectivity index (χ1) is 8.70. The van der Waals surface area contributed by atoms with Crippen LogP contribution in [0.2, 0.25) is 10.0 Å². The first-order valence-corrected chi connectivity index (χ1v) is 6.84. The van der Waals surface area contributed by atoms with Crippen LogP contribution in [0.25, 0.3) is 0 Å². The summed E-state index contributed by atoms with van der Waals surface area (Å²) in [6, 6.07) is 3.49. The second-order valence-electron chi connectivity index (χ2n) is 3.83. The fourth-order valence-electron chi connectivity index (χ4n) is 1.41. The number of hydrogen-bond acceptors (Lipinski definition) is 2. The predicted octanol–water partition coefficient (Wildman–Crippen LogP) is 5.47. The summed E-state index contributed by atoms with van der Waals surface area (Å²) in [5, 5.41) is 0.833. The molecule has 1 aromatic carbocycles. The van der Waals surface area contributed by atoms with Gasteiger partial charge in [-0.2, -0.15) is 0 Å². The third kappa shape index (κ3) is 4.43. The van der Waals surface area contributed by atoms with Crippen molar-refractivity contribution in [3.63, 3.8) is 0 Å². The SMILES string of the molecule is CC=COc1c(OCCCCC)ccc(Cl)c1Cl. The molecule has 0 aliphatic heterocycles. The summed E-state index contributed by atoms with van der Waals surface area (Å²) in [4.78, 5) is 0. The Hall–Kier alpha value is -0.860. The van der Waals surface area contributed by atoms with Crippen LogP contribution in [0, 0.1) is 0 Å². The van der Waals surface area contributed by atoms with Crippen LogP contribution < -0.4 is 9.47 Å². The van der Waals surface area contributed by atoms with Crippen LogP contribution in [0.3, 0.4) is 0 Å².